The zero-order chi connectivity index (χ0) is 10.4. The minimum absolute atomic E-state index is 1.04. The van der Waals surface area contributed by atoms with Gasteiger partial charge in [-0.25, -0.2) is 0 Å². The van der Waals surface area contributed by atoms with Crippen molar-refractivity contribution in [2.24, 2.45) is 0 Å². The van der Waals surface area contributed by atoms with E-state index in [-0.39, 0.29) is 0 Å². The molecule has 0 radical (unpaired) electrons. The molecule has 0 aliphatic carbocycles. The third kappa shape index (κ3) is 3.97. The predicted molar refractivity (Wildman–Crippen MR) is 68.8 cm³/mol. The van der Waals surface area contributed by atoms with Crippen molar-refractivity contribution in [1.29, 1.82) is 0 Å². The smallest absolute Gasteiger partial charge is 0.00728 e. The maximum Gasteiger partial charge on any atom is 0.00728 e. The number of unbranched alkanes of at least 4 members (excludes halogenated alkanes) is 3. The molecule has 1 rings (SSSR count). The van der Waals surface area contributed by atoms with E-state index in [2.05, 4.69) is 38.2 Å². The summed E-state index contributed by atoms with van der Waals surface area (Å²) in [6.45, 7) is 2.23. The summed E-state index contributed by atoms with van der Waals surface area (Å²) in [7, 11) is 0. The number of benzene rings is 1. The molecular weight excluding hydrogens is 208 g/mol. The monoisotopic (exact) mass is 226 g/mol. The highest BCUT2D eigenvalue weighted by molar-refractivity contribution is 7.80. The molecule has 0 aromatic heterocycles. The summed E-state index contributed by atoms with van der Waals surface area (Å²) in [6.07, 6.45) is 6.34. The van der Waals surface area contributed by atoms with Crippen molar-refractivity contribution in [3.63, 3.8) is 0 Å². The first kappa shape index (κ1) is 12.0. The molecule has 0 fully saturated rings. The normalized spacial score (nSPS) is 10.5. The van der Waals surface area contributed by atoms with Crippen molar-refractivity contribution in [2.75, 3.05) is 0 Å². The number of hydrogen-bond donors (Lipinski definition) is 2. The van der Waals surface area contributed by atoms with Crippen molar-refractivity contribution in [3.8, 4) is 0 Å². The van der Waals surface area contributed by atoms with E-state index in [0.29, 0.717) is 0 Å². The maximum absolute atomic E-state index is 4.44. The van der Waals surface area contributed by atoms with Crippen LogP contribution in [-0.4, -0.2) is 0 Å². The summed E-state index contributed by atoms with van der Waals surface area (Å²) in [6, 6.07) is 6.14. The summed E-state index contributed by atoms with van der Waals surface area (Å²) in [5, 5.41) is 0. The lowest BCUT2D eigenvalue weighted by molar-refractivity contribution is 0.663. The van der Waals surface area contributed by atoms with Crippen LogP contribution in [-0.2, 0) is 6.42 Å². The van der Waals surface area contributed by atoms with Crippen molar-refractivity contribution in [1.82, 2.24) is 0 Å². The fraction of sp³-hybridized carbons (Fsp3) is 0.500. The summed E-state index contributed by atoms with van der Waals surface area (Å²) in [4.78, 5) is 2.13. The van der Waals surface area contributed by atoms with Crippen LogP contribution in [0.5, 0.6) is 0 Å². The number of aryl methyl sites for hydroxylation is 1. The second kappa shape index (κ2) is 6.41. The van der Waals surface area contributed by atoms with Crippen molar-refractivity contribution < 1.29 is 0 Å². The van der Waals surface area contributed by atoms with Gasteiger partial charge in [-0.05, 0) is 36.6 Å². The molecule has 0 N–H and O–H groups in total. The van der Waals surface area contributed by atoms with Gasteiger partial charge >= 0.3 is 0 Å². The topological polar surface area (TPSA) is 0 Å². The first-order valence-corrected chi connectivity index (χ1v) is 6.14. The van der Waals surface area contributed by atoms with Crippen molar-refractivity contribution in [3.05, 3.63) is 23.8 Å². The first-order valence-electron chi connectivity index (χ1n) is 5.25. The lowest BCUT2D eigenvalue weighted by Crippen LogP contribution is -1.88. The summed E-state index contributed by atoms with van der Waals surface area (Å²) >= 11 is 8.77. The quantitative estimate of drug-likeness (QED) is 0.540. The maximum atomic E-state index is 4.44. The number of rotatable bonds is 5. The van der Waals surface area contributed by atoms with Gasteiger partial charge in [-0.15, -0.1) is 25.3 Å². The highest BCUT2D eigenvalue weighted by atomic mass is 32.1. The van der Waals surface area contributed by atoms with Gasteiger partial charge in [0, 0.05) is 9.79 Å². The van der Waals surface area contributed by atoms with Crippen LogP contribution in [0.3, 0.4) is 0 Å². The second-order valence-electron chi connectivity index (χ2n) is 3.62. The van der Waals surface area contributed by atoms with E-state index in [1.807, 2.05) is 12.1 Å². The summed E-state index contributed by atoms with van der Waals surface area (Å²) in [5.41, 5.74) is 1.33. The number of thiol groups is 2. The zero-order valence-corrected chi connectivity index (χ0v) is 10.5. The van der Waals surface area contributed by atoms with Gasteiger partial charge in [-0.2, -0.15) is 0 Å². The van der Waals surface area contributed by atoms with Crippen LogP contribution in [0.15, 0.2) is 28.0 Å². The Morgan fingerprint density at radius 3 is 2.57 bits per heavy atom. The second-order valence-corrected chi connectivity index (χ2v) is 4.62. The SMILES string of the molecule is CCCCCCc1cc(S)ccc1S. The summed E-state index contributed by atoms with van der Waals surface area (Å²) < 4.78 is 0. The Bertz CT molecular complexity index is 282. The fourth-order valence-corrected chi connectivity index (χ4v) is 2.00. The van der Waals surface area contributed by atoms with E-state index in [9.17, 15) is 0 Å². The van der Waals surface area contributed by atoms with Crippen LogP contribution in [0.2, 0.25) is 0 Å². The molecule has 1 aromatic rings. The van der Waals surface area contributed by atoms with E-state index in [1.165, 1.54) is 31.2 Å². The molecule has 1 aromatic carbocycles. The molecule has 14 heavy (non-hydrogen) atoms. The van der Waals surface area contributed by atoms with Crippen LogP contribution in [0, 0.1) is 0 Å². The van der Waals surface area contributed by atoms with Gasteiger partial charge in [0.25, 0.3) is 0 Å². The Morgan fingerprint density at radius 1 is 1.07 bits per heavy atom. The zero-order valence-electron chi connectivity index (χ0n) is 8.66. The Kier molecular flexibility index (Phi) is 5.49. The van der Waals surface area contributed by atoms with E-state index in [0.717, 1.165) is 16.2 Å². The van der Waals surface area contributed by atoms with E-state index < -0.39 is 0 Å². The van der Waals surface area contributed by atoms with Gasteiger partial charge in [0.15, 0.2) is 0 Å². The van der Waals surface area contributed by atoms with Crippen molar-refractivity contribution in [2.45, 2.75) is 48.8 Å². The van der Waals surface area contributed by atoms with Crippen LogP contribution in [0.25, 0.3) is 0 Å². The molecule has 0 amide bonds. The molecule has 0 bridgehead atoms. The molecule has 0 heterocycles. The number of hydrogen-bond acceptors (Lipinski definition) is 2. The standard InChI is InChI=1S/C12H18S2/c1-2-3-4-5-6-10-9-11(13)7-8-12(10)14/h7-9,13-14H,2-6H2,1H3. The Balaban J connectivity index is 2.45. The molecular formula is C12H18S2. The molecule has 0 aliphatic heterocycles. The fourth-order valence-electron chi connectivity index (χ4n) is 1.51. The van der Waals surface area contributed by atoms with Gasteiger partial charge in [0.05, 0.1) is 0 Å². The molecule has 78 valence electrons. The minimum Gasteiger partial charge on any atom is -0.143 e. The third-order valence-electron chi connectivity index (χ3n) is 2.36. The van der Waals surface area contributed by atoms with Crippen LogP contribution >= 0.6 is 25.3 Å². The van der Waals surface area contributed by atoms with E-state index in [4.69, 9.17) is 0 Å². The lowest BCUT2D eigenvalue weighted by atomic mass is 10.1. The predicted octanol–water partition coefficient (Wildman–Crippen LogP) is 4.39. The molecule has 0 spiro atoms. The molecule has 0 saturated heterocycles. The largest absolute Gasteiger partial charge is 0.143 e. The van der Waals surface area contributed by atoms with E-state index >= 15 is 0 Å². The third-order valence-corrected chi connectivity index (χ3v) is 3.08. The van der Waals surface area contributed by atoms with E-state index in [1.54, 1.807) is 0 Å². The Morgan fingerprint density at radius 2 is 1.86 bits per heavy atom. The molecule has 2 heteroatoms. The van der Waals surface area contributed by atoms with Crippen LogP contribution in [0.1, 0.15) is 38.2 Å². The highest BCUT2D eigenvalue weighted by Gasteiger charge is 1.99. The van der Waals surface area contributed by atoms with Gasteiger partial charge in [0.2, 0.25) is 0 Å². The highest BCUT2D eigenvalue weighted by Crippen LogP contribution is 2.20. The molecule has 0 aliphatic rings. The first-order chi connectivity index (χ1) is 6.74. The Labute approximate surface area is 97.9 Å². The summed E-state index contributed by atoms with van der Waals surface area (Å²) in [5.74, 6) is 0. The molecule has 0 nitrogen and oxygen atoms in total. The van der Waals surface area contributed by atoms with Crippen LogP contribution < -0.4 is 0 Å². The minimum atomic E-state index is 1.04. The Hall–Kier alpha value is -0.0800. The van der Waals surface area contributed by atoms with Gasteiger partial charge in [0.1, 0.15) is 0 Å². The lowest BCUT2D eigenvalue weighted by Gasteiger charge is -2.05. The average Bonchev–Trinajstić information content (AvgIpc) is 2.18. The van der Waals surface area contributed by atoms with Gasteiger partial charge in [-0.3, -0.25) is 0 Å². The van der Waals surface area contributed by atoms with Gasteiger partial charge < -0.3 is 0 Å². The molecule has 0 unspecified atom stereocenters. The van der Waals surface area contributed by atoms with Gasteiger partial charge in [-0.1, -0.05) is 26.2 Å². The molecule has 0 atom stereocenters. The van der Waals surface area contributed by atoms with Crippen molar-refractivity contribution >= 4 is 25.3 Å². The molecule has 0 saturated carbocycles. The average molecular weight is 226 g/mol. The van der Waals surface area contributed by atoms with Crippen LogP contribution in [0.4, 0.5) is 0 Å².